The van der Waals surface area contributed by atoms with Crippen LogP contribution in [-0.2, 0) is 10.0 Å². The Labute approximate surface area is 154 Å². The van der Waals surface area contributed by atoms with Crippen LogP contribution in [0.15, 0.2) is 35.2 Å². The Morgan fingerprint density at radius 1 is 1.08 bits per heavy atom. The van der Waals surface area contributed by atoms with Crippen molar-refractivity contribution < 1.29 is 17.9 Å². The van der Waals surface area contributed by atoms with Crippen LogP contribution in [0.3, 0.4) is 0 Å². The second-order valence-electron chi connectivity index (χ2n) is 5.69. The van der Waals surface area contributed by atoms with E-state index in [9.17, 15) is 8.42 Å². The van der Waals surface area contributed by atoms with Gasteiger partial charge in [0.15, 0.2) is 0 Å². The number of ether oxygens (including phenoxy) is 2. The second kappa shape index (κ2) is 8.08. The number of nitrogens with one attached hydrogen (secondary N) is 1. The summed E-state index contributed by atoms with van der Waals surface area (Å²) in [6.07, 6.45) is 0. The summed E-state index contributed by atoms with van der Waals surface area (Å²) in [5, 5.41) is 0.323. The average Bonchev–Trinajstić information content (AvgIpc) is 2.57. The van der Waals surface area contributed by atoms with Crippen LogP contribution in [0.5, 0.6) is 11.5 Å². The smallest absolute Gasteiger partial charge is 0.244 e. The molecule has 0 radical (unpaired) electrons. The first-order chi connectivity index (χ1) is 11.8. The molecule has 2 rings (SSSR count). The van der Waals surface area contributed by atoms with Crippen LogP contribution in [0.25, 0.3) is 0 Å². The lowest BCUT2D eigenvalue weighted by Gasteiger charge is -2.15. The molecule has 0 unspecified atom stereocenters. The van der Waals surface area contributed by atoms with Gasteiger partial charge in [-0.15, -0.1) is 0 Å². The minimum Gasteiger partial charge on any atom is -0.495 e. The molecule has 0 aliphatic heterocycles. The van der Waals surface area contributed by atoms with Crippen molar-refractivity contribution in [3.05, 3.63) is 52.0 Å². The summed E-state index contributed by atoms with van der Waals surface area (Å²) < 4.78 is 38.3. The van der Waals surface area contributed by atoms with Gasteiger partial charge in [0.25, 0.3) is 0 Å². The molecule has 0 saturated heterocycles. The fourth-order valence-corrected chi connectivity index (χ4v) is 3.86. The minimum atomic E-state index is -3.75. The van der Waals surface area contributed by atoms with Crippen molar-refractivity contribution in [2.45, 2.75) is 25.7 Å². The number of rotatable bonds is 7. The van der Waals surface area contributed by atoms with E-state index in [1.54, 1.807) is 6.07 Å². The normalized spacial score (nSPS) is 11.4. The summed E-state index contributed by atoms with van der Waals surface area (Å²) in [4.78, 5) is 0.00502. The van der Waals surface area contributed by atoms with E-state index in [-0.39, 0.29) is 23.8 Å². The van der Waals surface area contributed by atoms with Crippen LogP contribution in [0.2, 0.25) is 5.02 Å². The number of methoxy groups -OCH3 is 1. The van der Waals surface area contributed by atoms with Gasteiger partial charge in [0.2, 0.25) is 10.0 Å². The molecule has 5 nitrogen and oxygen atoms in total. The summed E-state index contributed by atoms with van der Waals surface area (Å²) in [6.45, 7) is 6.30. The molecule has 7 heteroatoms. The number of aryl methyl sites for hydroxylation is 2. The summed E-state index contributed by atoms with van der Waals surface area (Å²) in [7, 11) is -2.34. The summed E-state index contributed by atoms with van der Waals surface area (Å²) >= 11 is 5.90. The maximum atomic E-state index is 12.5. The van der Waals surface area contributed by atoms with Gasteiger partial charge in [0, 0.05) is 11.6 Å². The van der Waals surface area contributed by atoms with Gasteiger partial charge in [-0.1, -0.05) is 23.7 Å². The molecule has 0 bridgehead atoms. The number of benzene rings is 2. The standard InChI is InChI=1S/C18H22ClNO4S/c1-12-5-6-13(2)18(14(12)3)24-10-9-20-25(21,22)17-11-15(19)7-8-16(17)23-4/h5-8,11,20H,9-10H2,1-4H3. The van der Waals surface area contributed by atoms with E-state index in [2.05, 4.69) is 4.72 Å². The van der Waals surface area contributed by atoms with Crippen molar-refractivity contribution in [1.29, 1.82) is 0 Å². The van der Waals surface area contributed by atoms with Gasteiger partial charge in [-0.05, 0) is 55.7 Å². The van der Waals surface area contributed by atoms with Crippen molar-refractivity contribution in [3.8, 4) is 11.5 Å². The number of hydrogen-bond donors (Lipinski definition) is 1. The zero-order valence-electron chi connectivity index (χ0n) is 14.7. The van der Waals surface area contributed by atoms with Crippen LogP contribution < -0.4 is 14.2 Å². The van der Waals surface area contributed by atoms with Gasteiger partial charge in [-0.25, -0.2) is 13.1 Å². The monoisotopic (exact) mass is 383 g/mol. The Kier molecular flexibility index (Phi) is 6.32. The molecule has 136 valence electrons. The SMILES string of the molecule is COc1ccc(Cl)cc1S(=O)(=O)NCCOc1c(C)ccc(C)c1C. The summed E-state index contributed by atoms with van der Waals surface area (Å²) in [6, 6.07) is 8.47. The zero-order chi connectivity index (χ0) is 18.6. The molecule has 25 heavy (non-hydrogen) atoms. The summed E-state index contributed by atoms with van der Waals surface area (Å²) in [5.74, 6) is 1.03. The summed E-state index contributed by atoms with van der Waals surface area (Å²) in [5.41, 5.74) is 3.20. The third-order valence-corrected chi connectivity index (χ3v) is 5.65. The third kappa shape index (κ3) is 4.66. The Morgan fingerprint density at radius 2 is 1.76 bits per heavy atom. The minimum absolute atomic E-state index is 0.00502. The highest BCUT2D eigenvalue weighted by molar-refractivity contribution is 7.89. The fourth-order valence-electron chi connectivity index (χ4n) is 2.42. The lowest BCUT2D eigenvalue weighted by atomic mass is 10.1. The number of sulfonamides is 1. The topological polar surface area (TPSA) is 64.6 Å². The first-order valence-corrected chi connectivity index (χ1v) is 9.65. The van der Waals surface area contributed by atoms with Gasteiger partial charge in [0.1, 0.15) is 23.0 Å². The molecule has 0 spiro atoms. The first kappa shape index (κ1) is 19.6. The highest BCUT2D eigenvalue weighted by Crippen LogP contribution is 2.27. The van der Waals surface area contributed by atoms with E-state index in [0.29, 0.717) is 5.02 Å². The lowest BCUT2D eigenvalue weighted by Crippen LogP contribution is -2.28. The van der Waals surface area contributed by atoms with Crippen molar-refractivity contribution in [1.82, 2.24) is 4.72 Å². The van der Waals surface area contributed by atoms with Gasteiger partial charge >= 0.3 is 0 Å². The van der Waals surface area contributed by atoms with Crippen LogP contribution in [0, 0.1) is 20.8 Å². The van der Waals surface area contributed by atoms with E-state index in [1.807, 2.05) is 32.9 Å². The second-order valence-corrected chi connectivity index (χ2v) is 7.87. The van der Waals surface area contributed by atoms with Crippen LogP contribution in [0.4, 0.5) is 0 Å². The number of halogens is 1. The Morgan fingerprint density at radius 3 is 2.44 bits per heavy atom. The van der Waals surface area contributed by atoms with Crippen molar-refractivity contribution >= 4 is 21.6 Å². The highest BCUT2D eigenvalue weighted by atomic mass is 35.5. The molecule has 2 aromatic carbocycles. The van der Waals surface area contributed by atoms with Gasteiger partial charge in [0.05, 0.1) is 7.11 Å². The molecule has 1 N–H and O–H groups in total. The first-order valence-electron chi connectivity index (χ1n) is 7.79. The molecule has 0 atom stereocenters. The van der Waals surface area contributed by atoms with Crippen molar-refractivity contribution in [2.75, 3.05) is 20.3 Å². The average molecular weight is 384 g/mol. The molecular formula is C18H22ClNO4S. The van der Waals surface area contributed by atoms with Crippen LogP contribution in [0.1, 0.15) is 16.7 Å². The molecule has 0 aliphatic rings. The molecule has 0 heterocycles. The molecule has 0 aliphatic carbocycles. The van der Waals surface area contributed by atoms with Gasteiger partial charge in [-0.2, -0.15) is 0 Å². The highest BCUT2D eigenvalue weighted by Gasteiger charge is 2.19. The third-order valence-electron chi connectivity index (χ3n) is 3.93. The lowest BCUT2D eigenvalue weighted by molar-refractivity contribution is 0.318. The molecule has 0 aromatic heterocycles. The maximum Gasteiger partial charge on any atom is 0.244 e. The predicted octanol–water partition coefficient (Wildman–Crippen LogP) is 3.63. The molecule has 0 amide bonds. The fraction of sp³-hybridized carbons (Fsp3) is 0.333. The Balaban J connectivity index is 2.05. The zero-order valence-corrected chi connectivity index (χ0v) is 16.3. The van der Waals surface area contributed by atoms with E-state index >= 15 is 0 Å². The van der Waals surface area contributed by atoms with Gasteiger partial charge < -0.3 is 9.47 Å². The molecule has 0 fully saturated rings. The number of hydrogen-bond acceptors (Lipinski definition) is 4. The molecular weight excluding hydrogens is 362 g/mol. The van der Waals surface area contributed by atoms with Gasteiger partial charge in [-0.3, -0.25) is 0 Å². The molecule has 0 saturated carbocycles. The quantitative estimate of drug-likeness (QED) is 0.741. The molecule has 2 aromatic rings. The Bertz CT molecular complexity index is 866. The largest absolute Gasteiger partial charge is 0.495 e. The van der Waals surface area contributed by atoms with Crippen molar-refractivity contribution in [3.63, 3.8) is 0 Å². The van der Waals surface area contributed by atoms with Crippen LogP contribution >= 0.6 is 11.6 Å². The van der Waals surface area contributed by atoms with Crippen LogP contribution in [-0.4, -0.2) is 28.7 Å². The van der Waals surface area contributed by atoms with E-state index in [1.165, 1.54) is 19.2 Å². The predicted molar refractivity (Wildman–Crippen MR) is 99.3 cm³/mol. The Hall–Kier alpha value is -1.76. The maximum absolute atomic E-state index is 12.5. The van der Waals surface area contributed by atoms with E-state index in [4.69, 9.17) is 21.1 Å². The van der Waals surface area contributed by atoms with E-state index < -0.39 is 10.0 Å². The van der Waals surface area contributed by atoms with E-state index in [0.717, 1.165) is 22.4 Å². The van der Waals surface area contributed by atoms with Crippen molar-refractivity contribution in [2.24, 2.45) is 0 Å².